The van der Waals surface area contributed by atoms with Gasteiger partial charge in [-0.15, -0.1) is 0 Å². The number of rotatable bonds is 4. The van der Waals surface area contributed by atoms with Gasteiger partial charge >= 0.3 is 0 Å². The van der Waals surface area contributed by atoms with Crippen LogP contribution in [0.15, 0.2) is 36.4 Å². The summed E-state index contributed by atoms with van der Waals surface area (Å²) in [7, 11) is 1.58. The van der Waals surface area contributed by atoms with E-state index in [4.69, 9.17) is 4.74 Å². The minimum atomic E-state index is -0.760. The molecule has 0 fully saturated rings. The Balaban J connectivity index is 2.39. The highest BCUT2D eigenvalue weighted by molar-refractivity contribution is 5.56. The molecule has 0 aliphatic rings. The number of hydrogen-bond donors (Lipinski definition) is 1. The smallest absolute Gasteiger partial charge is 0.275 e. The molecule has 2 aromatic rings. The van der Waals surface area contributed by atoms with Gasteiger partial charge in [-0.05, 0) is 12.1 Å². The van der Waals surface area contributed by atoms with Crippen molar-refractivity contribution in [3.8, 4) is 11.5 Å². The van der Waals surface area contributed by atoms with E-state index in [0.717, 1.165) is 24.3 Å². The number of ether oxygens (including phenoxy) is 1. The molecule has 0 bridgehead atoms. The number of anilines is 1. The van der Waals surface area contributed by atoms with E-state index >= 15 is 0 Å². The summed E-state index contributed by atoms with van der Waals surface area (Å²) in [5, 5.41) is 13.5. The van der Waals surface area contributed by atoms with Gasteiger partial charge in [0.15, 0.2) is 11.6 Å². The van der Waals surface area contributed by atoms with Crippen LogP contribution in [-0.4, -0.2) is 12.0 Å². The Bertz CT molecular complexity index is 662. The van der Waals surface area contributed by atoms with Crippen LogP contribution in [0.25, 0.3) is 0 Å². The van der Waals surface area contributed by atoms with E-state index < -0.39 is 16.6 Å². The molecule has 0 aromatic heterocycles. The summed E-state index contributed by atoms with van der Waals surface area (Å²) >= 11 is 0. The zero-order chi connectivity index (χ0) is 14.7. The second-order valence-corrected chi connectivity index (χ2v) is 3.90. The van der Waals surface area contributed by atoms with Crippen molar-refractivity contribution in [1.29, 1.82) is 0 Å². The van der Waals surface area contributed by atoms with Gasteiger partial charge in [0, 0.05) is 30.9 Å². The van der Waals surface area contributed by atoms with Crippen molar-refractivity contribution in [2.45, 2.75) is 0 Å². The van der Waals surface area contributed by atoms with Crippen LogP contribution in [0.2, 0.25) is 0 Å². The third kappa shape index (κ3) is 3.00. The Morgan fingerprint density at radius 3 is 2.60 bits per heavy atom. The standard InChI is InChI=1S/C13H10F2N2O3/c1-16-9-5-10(17(18)19)7-11(6-9)20-13-4-8(14)2-3-12(13)15/h2-7,16H,1H3. The molecule has 0 spiro atoms. The molecule has 5 nitrogen and oxygen atoms in total. The van der Waals surface area contributed by atoms with Gasteiger partial charge in [-0.1, -0.05) is 0 Å². The zero-order valence-corrected chi connectivity index (χ0v) is 10.4. The highest BCUT2D eigenvalue weighted by atomic mass is 19.1. The molecular formula is C13H10F2N2O3. The Labute approximate surface area is 113 Å². The predicted octanol–water partition coefficient (Wildman–Crippen LogP) is 3.71. The zero-order valence-electron chi connectivity index (χ0n) is 10.4. The number of nitro groups is 1. The van der Waals surface area contributed by atoms with E-state index in [1.807, 2.05) is 0 Å². The maximum Gasteiger partial charge on any atom is 0.275 e. The number of hydrogen-bond acceptors (Lipinski definition) is 4. The number of halogens is 2. The van der Waals surface area contributed by atoms with E-state index in [-0.39, 0.29) is 17.2 Å². The van der Waals surface area contributed by atoms with Gasteiger partial charge in [-0.25, -0.2) is 8.78 Å². The minimum absolute atomic E-state index is 0.0352. The maximum absolute atomic E-state index is 13.5. The largest absolute Gasteiger partial charge is 0.454 e. The molecule has 1 N–H and O–H groups in total. The molecule has 0 saturated heterocycles. The first-order valence-corrected chi connectivity index (χ1v) is 5.60. The Morgan fingerprint density at radius 2 is 1.95 bits per heavy atom. The van der Waals surface area contributed by atoms with E-state index in [9.17, 15) is 18.9 Å². The van der Waals surface area contributed by atoms with Crippen molar-refractivity contribution in [3.05, 3.63) is 58.1 Å². The van der Waals surface area contributed by atoms with Crippen LogP contribution in [0.5, 0.6) is 11.5 Å². The van der Waals surface area contributed by atoms with Crippen molar-refractivity contribution in [2.24, 2.45) is 0 Å². The van der Waals surface area contributed by atoms with Crippen molar-refractivity contribution in [2.75, 3.05) is 12.4 Å². The molecule has 7 heteroatoms. The van der Waals surface area contributed by atoms with Gasteiger partial charge in [0.25, 0.3) is 5.69 Å². The monoisotopic (exact) mass is 280 g/mol. The third-order valence-corrected chi connectivity index (χ3v) is 2.51. The SMILES string of the molecule is CNc1cc(Oc2cc(F)ccc2F)cc([N+](=O)[O-])c1. The van der Waals surface area contributed by atoms with Crippen LogP contribution in [-0.2, 0) is 0 Å². The average molecular weight is 280 g/mol. The molecule has 0 radical (unpaired) electrons. The lowest BCUT2D eigenvalue weighted by Gasteiger charge is -2.08. The fourth-order valence-corrected chi connectivity index (χ4v) is 1.57. The average Bonchev–Trinajstić information content (AvgIpc) is 2.42. The third-order valence-electron chi connectivity index (χ3n) is 2.51. The van der Waals surface area contributed by atoms with Gasteiger partial charge in [-0.3, -0.25) is 10.1 Å². The predicted molar refractivity (Wildman–Crippen MR) is 69.1 cm³/mol. The molecule has 0 saturated carbocycles. The second kappa shape index (κ2) is 5.52. The Hall–Kier alpha value is -2.70. The minimum Gasteiger partial charge on any atom is -0.454 e. The van der Waals surface area contributed by atoms with Gasteiger partial charge in [0.2, 0.25) is 0 Å². The van der Waals surface area contributed by atoms with Crippen LogP contribution in [0.4, 0.5) is 20.2 Å². The van der Waals surface area contributed by atoms with Crippen molar-refractivity contribution >= 4 is 11.4 Å². The first-order valence-electron chi connectivity index (χ1n) is 5.60. The molecule has 2 aromatic carbocycles. The lowest BCUT2D eigenvalue weighted by Crippen LogP contribution is -1.95. The van der Waals surface area contributed by atoms with Crippen LogP contribution in [0.3, 0.4) is 0 Å². The molecule has 2 rings (SSSR count). The summed E-state index contributed by atoms with van der Waals surface area (Å²) < 4.78 is 31.7. The summed E-state index contributed by atoms with van der Waals surface area (Å²) in [5.41, 5.74) is 0.203. The van der Waals surface area contributed by atoms with E-state index in [1.54, 1.807) is 7.05 Å². The number of nitro benzene ring substituents is 1. The van der Waals surface area contributed by atoms with Gasteiger partial charge in [0.05, 0.1) is 11.0 Å². The maximum atomic E-state index is 13.5. The molecule has 0 amide bonds. The number of non-ortho nitro benzene ring substituents is 1. The van der Waals surface area contributed by atoms with Gasteiger partial charge in [0.1, 0.15) is 11.6 Å². The fraction of sp³-hybridized carbons (Fsp3) is 0.0769. The van der Waals surface area contributed by atoms with Crippen LogP contribution in [0, 0.1) is 21.7 Å². The lowest BCUT2D eigenvalue weighted by molar-refractivity contribution is -0.384. The molecule has 0 aliphatic heterocycles. The van der Waals surface area contributed by atoms with Crippen molar-refractivity contribution in [3.63, 3.8) is 0 Å². The highest BCUT2D eigenvalue weighted by Gasteiger charge is 2.12. The first kappa shape index (κ1) is 13.7. The normalized spacial score (nSPS) is 10.2. The number of benzene rings is 2. The summed E-state index contributed by atoms with van der Waals surface area (Å²) in [6.07, 6.45) is 0. The molecule has 0 unspecified atom stereocenters. The molecule has 20 heavy (non-hydrogen) atoms. The van der Waals surface area contributed by atoms with Crippen molar-refractivity contribution < 1.29 is 18.4 Å². The summed E-state index contributed by atoms with van der Waals surface area (Å²) in [5.74, 6) is -1.73. The fourth-order valence-electron chi connectivity index (χ4n) is 1.57. The molecule has 0 atom stereocenters. The van der Waals surface area contributed by atoms with E-state index in [0.29, 0.717) is 5.69 Å². The summed E-state index contributed by atoms with van der Waals surface area (Å²) in [6.45, 7) is 0. The second-order valence-electron chi connectivity index (χ2n) is 3.90. The number of nitrogens with zero attached hydrogens (tertiary/aromatic N) is 1. The molecule has 104 valence electrons. The Kier molecular flexibility index (Phi) is 3.79. The topological polar surface area (TPSA) is 64.4 Å². The van der Waals surface area contributed by atoms with Gasteiger partial charge in [-0.2, -0.15) is 0 Å². The van der Waals surface area contributed by atoms with Crippen molar-refractivity contribution in [1.82, 2.24) is 0 Å². The molecule has 0 aliphatic carbocycles. The van der Waals surface area contributed by atoms with Crippen LogP contribution < -0.4 is 10.1 Å². The number of nitrogens with one attached hydrogen (secondary N) is 1. The van der Waals surface area contributed by atoms with Gasteiger partial charge < -0.3 is 10.1 Å². The molecule has 0 heterocycles. The van der Waals surface area contributed by atoms with E-state index in [2.05, 4.69) is 5.32 Å². The highest BCUT2D eigenvalue weighted by Crippen LogP contribution is 2.31. The Morgan fingerprint density at radius 1 is 1.20 bits per heavy atom. The summed E-state index contributed by atoms with van der Waals surface area (Å²) in [6, 6.07) is 6.61. The quantitative estimate of drug-likeness (QED) is 0.685. The lowest BCUT2D eigenvalue weighted by atomic mass is 10.2. The summed E-state index contributed by atoms with van der Waals surface area (Å²) in [4.78, 5) is 10.2. The first-order chi connectivity index (χ1) is 9.49. The van der Waals surface area contributed by atoms with E-state index in [1.165, 1.54) is 12.1 Å². The molecular weight excluding hydrogens is 270 g/mol. The van der Waals surface area contributed by atoms with Crippen LogP contribution in [0.1, 0.15) is 0 Å². The van der Waals surface area contributed by atoms with Crippen LogP contribution >= 0.6 is 0 Å².